The Labute approximate surface area is 121 Å². The molecule has 1 aromatic carbocycles. The van der Waals surface area contributed by atoms with E-state index in [4.69, 9.17) is 0 Å². The zero-order valence-electron chi connectivity index (χ0n) is 12.5. The fourth-order valence-corrected chi connectivity index (χ4v) is 2.20. The van der Waals surface area contributed by atoms with Crippen molar-refractivity contribution in [2.75, 3.05) is 0 Å². The molecule has 0 spiro atoms. The SMILES string of the molecule is CCCCC(CCCC)(/N=C/c1ccccc1)C(=O)O. The van der Waals surface area contributed by atoms with Crippen LogP contribution in [0.4, 0.5) is 0 Å². The van der Waals surface area contributed by atoms with Gasteiger partial charge in [-0.2, -0.15) is 0 Å². The number of carboxylic acids is 1. The minimum absolute atomic E-state index is 0.613. The van der Waals surface area contributed by atoms with Crippen molar-refractivity contribution >= 4 is 12.2 Å². The molecule has 0 heterocycles. The number of benzene rings is 1. The maximum atomic E-state index is 11.7. The molecule has 0 amide bonds. The second-order valence-corrected chi connectivity index (χ2v) is 5.21. The Balaban J connectivity index is 2.94. The topological polar surface area (TPSA) is 49.7 Å². The summed E-state index contributed by atoms with van der Waals surface area (Å²) >= 11 is 0. The van der Waals surface area contributed by atoms with E-state index in [2.05, 4.69) is 18.8 Å². The zero-order valence-corrected chi connectivity index (χ0v) is 12.5. The van der Waals surface area contributed by atoms with Gasteiger partial charge in [0.2, 0.25) is 0 Å². The summed E-state index contributed by atoms with van der Waals surface area (Å²) in [5, 5.41) is 9.64. The molecule has 1 N–H and O–H groups in total. The average molecular weight is 275 g/mol. The van der Waals surface area contributed by atoms with E-state index in [9.17, 15) is 9.90 Å². The Hall–Kier alpha value is -1.64. The number of hydrogen-bond donors (Lipinski definition) is 1. The molecular formula is C17H25NO2. The Kier molecular flexibility index (Phi) is 6.99. The van der Waals surface area contributed by atoms with Crippen LogP contribution in [0.15, 0.2) is 35.3 Å². The summed E-state index contributed by atoms with van der Waals surface area (Å²) < 4.78 is 0. The number of carbonyl (C=O) groups is 1. The van der Waals surface area contributed by atoms with Gasteiger partial charge >= 0.3 is 5.97 Å². The predicted molar refractivity (Wildman–Crippen MR) is 83.5 cm³/mol. The maximum absolute atomic E-state index is 11.7. The van der Waals surface area contributed by atoms with Crippen molar-refractivity contribution in [1.29, 1.82) is 0 Å². The van der Waals surface area contributed by atoms with Crippen LogP contribution in [0.3, 0.4) is 0 Å². The summed E-state index contributed by atoms with van der Waals surface area (Å²) in [6.07, 6.45) is 6.69. The monoisotopic (exact) mass is 275 g/mol. The van der Waals surface area contributed by atoms with Crippen molar-refractivity contribution in [3.63, 3.8) is 0 Å². The van der Waals surface area contributed by atoms with Gasteiger partial charge in [-0.1, -0.05) is 69.9 Å². The van der Waals surface area contributed by atoms with Crippen LogP contribution in [0.5, 0.6) is 0 Å². The fraction of sp³-hybridized carbons (Fsp3) is 0.529. The lowest BCUT2D eigenvalue weighted by atomic mass is 9.87. The van der Waals surface area contributed by atoms with Gasteiger partial charge in [0, 0.05) is 6.21 Å². The number of unbranched alkanes of at least 4 members (excludes halogenated alkanes) is 2. The van der Waals surface area contributed by atoms with E-state index < -0.39 is 11.5 Å². The van der Waals surface area contributed by atoms with Gasteiger partial charge < -0.3 is 5.11 Å². The minimum Gasteiger partial charge on any atom is -0.479 e. The van der Waals surface area contributed by atoms with E-state index in [0.717, 1.165) is 31.2 Å². The summed E-state index contributed by atoms with van der Waals surface area (Å²) in [6.45, 7) is 4.15. The fourth-order valence-electron chi connectivity index (χ4n) is 2.20. The Bertz CT molecular complexity index is 418. The van der Waals surface area contributed by atoms with Gasteiger partial charge in [-0.3, -0.25) is 4.99 Å². The number of carboxylic acid groups (broad SMARTS) is 1. The average Bonchev–Trinajstić information content (AvgIpc) is 2.47. The largest absolute Gasteiger partial charge is 0.479 e. The maximum Gasteiger partial charge on any atom is 0.331 e. The molecule has 0 atom stereocenters. The quantitative estimate of drug-likeness (QED) is 0.683. The molecule has 0 aromatic heterocycles. The van der Waals surface area contributed by atoms with Crippen molar-refractivity contribution in [3.05, 3.63) is 35.9 Å². The third-order valence-corrected chi connectivity index (χ3v) is 3.55. The van der Waals surface area contributed by atoms with Crippen LogP contribution in [0, 0.1) is 0 Å². The highest BCUT2D eigenvalue weighted by molar-refractivity contribution is 5.85. The Morgan fingerprint density at radius 2 is 1.70 bits per heavy atom. The molecule has 0 fully saturated rings. The van der Waals surface area contributed by atoms with Gasteiger partial charge in [0.1, 0.15) is 0 Å². The van der Waals surface area contributed by atoms with Crippen molar-refractivity contribution in [1.82, 2.24) is 0 Å². The van der Waals surface area contributed by atoms with E-state index in [1.54, 1.807) is 6.21 Å². The summed E-state index contributed by atoms with van der Waals surface area (Å²) in [6, 6.07) is 9.69. The molecular weight excluding hydrogens is 250 g/mol. The highest BCUT2D eigenvalue weighted by Gasteiger charge is 2.36. The molecule has 0 saturated heterocycles. The molecule has 0 unspecified atom stereocenters. The van der Waals surface area contributed by atoms with Gasteiger partial charge in [0.15, 0.2) is 5.54 Å². The lowest BCUT2D eigenvalue weighted by Gasteiger charge is -2.25. The van der Waals surface area contributed by atoms with Gasteiger partial charge in [-0.25, -0.2) is 4.79 Å². The first-order valence-electron chi connectivity index (χ1n) is 7.48. The molecule has 1 rings (SSSR count). The van der Waals surface area contributed by atoms with E-state index in [1.807, 2.05) is 30.3 Å². The van der Waals surface area contributed by atoms with Gasteiger partial charge in [-0.15, -0.1) is 0 Å². The molecule has 110 valence electrons. The first-order valence-corrected chi connectivity index (χ1v) is 7.48. The molecule has 1 aromatic rings. The number of aliphatic carboxylic acids is 1. The van der Waals surface area contributed by atoms with Crippen LogP contribution in [0.25, 0.3) is 0 Å². The lowest BCUT2D eigenvalue weighted by molar-refractivity contribution is -0.143. The van der Waals surface area contributed by atoms with Gasteiger partial charge in [0.05, 0.1) is 0 Å². The molecule has 0 aliphatic rings. The molecule has 0 bridgehead atoms. The summed E-state index contributed by atoms with van der Waals surface area (Å²) in [7, 11) is 0. The Morgan fingerprint density at radius 3 is 2.15 bits per heavy atom. The second-order valence-electron chi connectivity index (χ2n) is 5.21. The standard InChI is InChI=1S/C17H25NO2/c1-3-5-12-17(16(19)20,13-6-4-2)18-14-15-10-8-7-9-11-15/h7-11,14H,3-6,12-13H2,1-2H3,(H,19,20)/b18-14+. The molecule has 0 saturated carbocycles. The summed E-state index contributed by atoms with van der Waals surface area (Å²) in [4.78, 5) is 16.2. The number of nitrogens with zero attached hydrogens (tertiary/aromatic N) is 1. The third kappa shape index (κ3) is 4.80. The number of aliphatic imine (C=N–C) groups is 1. The molecule has 0 aliphatic heterocycles. The van der Waals surface area contributed by atoms with E-state index in [0.29, 0.717) is 12.8 Å². The Morgan fingerprint density at radius 1 is 1.15 bits per heavy atom. The molecule has 3 heteroatoms. The molecule has 20 heavy (non-hydrogen) atoms. The number of rotatable bonds is 9. The van der Waals surface area contributed by atoms with Crippen molar-refractivity contribution < 1.29 is 9.90 Å². The van der Waals surface area contributed by atoms with Crippen LogP contribution >= 0.6 is 0 Å². The van der Waals surface area contributed by atoms with Crippen LogP contribution in [-0.4, -0.2) is 22.8 Å². The summed E-state index contributed by atoms with van der Waals surface area (Å²) in [5.74, 6) is -0.799. The highest BCUT2D eigenvalue weighted by Crippen LogP contribution is 2.26. The smallest absolute Gasteiger partial charge is 0.331 e. The highest BCUT2D eigenvalue weighted by atomic mass is 16.4. The predicted octanol–water partition coefficient (Wildman–Crippen LogP) is 4.31. The van der Waals surface area contributed by atoms with E-state index in [-0.39, 0.29) is 0 Å². The van der Waals surface area contributed by atoms with Gasteiger partial charge in [0.25, 0.3) is 0 Å². The van der Waals surface area contributed by atoms with Crippen LogP contribution in [-0.2, 0) is 4.79 Å². The molecule has 0 radical (unpaired) electrons. The van der Waals surface area contributed by atoms with Crippen LogP contribution in [0.2, 0.25) is 0 Å². The van der Waals surface area contributed by atoms with Crippen molar-refractivity contribution in [2.45, 2.75) is 57.9 Å². The second kappa shape index (κ2) is 8.51. The molecule has 3 nitrogen and oxygen atoms in total. The lowest BCUT2D eigenvalue weighted by Crippen LogP contribution is -2.37. The van der Waals surface area contributed by atoms with Gasteiger partial charge in [-0.05, 0) is 18.4 Å². The van der Waals surface area contributed by atoms with Crippen LogP contribution < -0.4 is 0 Å². The normalized spacial score (nSPS) is 11.9. The van der Waals surface area contributed by atoms with Crippen molar-refractivity contribution in [3.8, 4) is 0 Å². The zero-order chi connectivity index (χ0) is 14.8. The van der Waals surface area contributed by atoms with Crippen LogP contribution in [0.1, 0.15) is 57.9 Å². The number of hydrogen-bond acceptors (Lipinski definition) is 2. The molecule has 0 aliphatic carbocycles. The minimum atomic E-state index is -0.956. The van der Waals surface area contributed by atoms with Crippen molar-refractivity contribution in [2.24, 2.45) is 4.99 Å². The van der Waals surface area contributed by atoms with E-state index >= 15 is 0 Å². The first kappa shape index (κ1) is 16.4. The third-order valence-electron chi connectivity index (χ3n) is 3.55. The first-order chi connectivity index (χ1) is 9.64. The summed E-state index contributed by atoms with van der Waals surface area (Å²) in [5.41, 5.74) is -0.00637. The van der Waals surface area contributed by atoms with E-state index in [1.165, 1.54) is 0 Å².